The first-order valence-electron chi connectivity index (χ1n) is 16.6. The number of alkyl halides is 6. The summed E-state index contributed by atoms with van der Waals surface area (Å²) in [5.41, 5.74) is -0.0901. The lowest BCUT2D eigenvalue weighted by Gasteiger charge is -2.33. The van der Waals surface area contributed by atoms with E-state index in [0.29, 0.717) is 41.4 Å². The normalized spacial score (nSPS) is 14.9. The summed E-state index contributed by atoms with van der Waals surface area (Å²) in [4.78, 5) is 32.5. The molecule has 0 amide bonds. The molecule has 0 radical (unpaired) electrons. The molecule has 3 heterocycles. The molecule has 10 nitrogen and oxygen atoms in total. The number of aryl methyl sites for hydroxylation is 2. The minimum Gasteiger partial charge on any atom is -0.421 e. The monoisotopic (exact) mass is 782 g/mol. The molecule has 288 valence electrons. The Morgan fingerprint density at radius 1 is 0.944 bits per heavy atom. The molecule has 0 atom stereocenters. The van der Waals surface area contributed by atoms with E-state index in [1.165, 1.54) is 18.3 Å². The number of phosphoric ester groups is 1. The van der Waals surface area contributed by atoms with Gasteiger partial charge in [0.2, 0.25) is 6.79 Å². The molecule has 3 aromatic carbocycles. The summed E-state index contributed by atoms with van der Waals surface area (Å²) >= 11 is 0. The van der Waals surface area contributed by atoms with Gasteiger partial charge in [0.1, 0.15) is 5.82 Å². The highest BCUT2D eigenvalue weighted by molar-refractivity contribution is 7.46. The van der Waals surface area contributed by atoms with E-state index in [9.17, 15) is 35.7 Å². The van der Waals surface area contributed by atoms with Crippen LogP contribution in [0.15, 0.2) is 60.8 Å². The SMILES string of the molecule is CCc1cccc(CC)c1-n1nc2c(c1-c1ccc(F)c3c1ccn3C(=O)OCOP(=O)(O)O)CN(Cc1ccc(C(F)(F)F)cc1C(F)(F)F)C2(C)C. The van der Waals surface area contributed by atoms with Crippen LogP contribution in [0.2, 0.25) is 0 Å². The summed E-state index contributed by atoms with van der Waals surface area (Å²) < 4.78 is 121. The number of hydrogen-bond acceptors (Lipinski definition) is 6. The Balaban J connectivity index is 1.53. The highest BCUT2D eigenvalue weighted by Gasteiger charge is 2.45. The van der Waals surface area contributed by atoms with E-state index in [1.807, 2.05) is 32.0 Å². The van der Waals surface area contributed by atoms with Crippen LogP contribution in [0.5, 0.6) is 0 Å². The van der Waals surface area contributed by atoms with Crippen LogP contribution in [0, 0.1) is 5.82 Å². The van der Waals surface area contributed by atoms with Crippen molar-refractivity contribution in [3.8, 4) is 16.9 Å². The highest BCUT2D eigenvalue weighted by atomic mass is 31.2. The van der Waals surface area contributed by atoms with Gasteiger partial charge in [-0.15, -0.1) is 0 Å². The van der Waals surface area contributed by atoms with E-state index < -0.39 is 55.5 Å². The van der Waals surface area contributed by atoms with Gasteiger partial charge < -0.3 is 14.5 Å². The number of carbonyl (C=O) groups is 1. The lowest BCUT2D eigenvalue weighted by molar-refractivity contribution is -0.143. The van der Waals surface area contributed by atoms with Crippen LogP contribution in [0.25, 0.3) is 27.8 Å². The average Bonchev–Trinajstić information content (AvgIpc) is 3.76. The third-order valence-corrected chi connectivity index (χ3v) is 10.1. The second-order valence-electron chi connectivity index (χ2n) is 13.2. The van der Waals surface area contributed by atoms with E-state index in [1.54, 1.807) is 23.4 Å². The largest absolute Gasteiger partial charge is 0.472 e. The topological polar surface area (TPSA) is 119 Å². The standard InChI is InChI=1S/C36H34F7N4O6P/c1-5-20-8-7-9-21(6-2)29(20)47-30(24-12-13-28(37)31-25(24)14-15-46(31)33(48)52-19-53-54(49,50)51)26-18-45(34(3,4)32(26)44-47)17-22-10-11-23(35(38,39)40)16-27(22)36(41,42)43/h7-16H,5-6,17-19H2,1-4H3,(H2,49,50,51). The van der Waals surface area contributed by atoms with E-state index >= 15 is 4.39 Å². The fourth-order valence-corrected chi connectivity index (χ4v) is 7.15. The number of benzene rings is 3. The van der Waals surface area contributed by atoms with Gasteiger partial charge in [0, 0.05) is 35.8 Å². The Labute approximate surface area is 303 Å². The molecule has 0 saturated carbocycles. The third kappa shape index (κ3) is 7.18. The first kappa shape index (κ1) is 39.2. The third-order valence-electron chi connectivity index (χ3n) is 9.64. The molecule has 6 rings (SSSR count). The summed E-state index contributed by atoms with van der Waals surface area (Å²) in [7, 11) is -4.99. The van der Waals surface area contributed by atoms with Crippen molar-refractivity contribution >= 4 is 24.8 Å². The van der Waals surface area contributed by atoms with Crippen molar-refractivity contribution in [1.82, 2.24) is 19.2 Å². The van der Waals surface area contributed by atoms with E-state index in [4.69, 9.17) is 19.6 Å². The molecule has 1 aliphatic heterocycles. The number of para-hydroxylation sites is 1. The van der Waals surface area contributed by atoms with Gasteiger partial charge >= 0.3 is 26.3 Å². The Morgan fingerprint density at radius 3 is 2.20 bits per heavy atom. The van der Waals surface area contributed by atoms with Crippen molar-refractivity contribution in [1.29, 1.82) is 0 Å². The Morgan fingerprint density at radius 2 is 1.61 bits per heavy atom. The number of halogens is 7. The van der Waals surface area contributed by atoms with Crippen molar-refractivity contribution in [3.05, 3.63) is 106 Å². The number of rotatable bonds is 9. The molecule has 0 bridgehead atoms. The van der Waals surface area contributed by atoms with Gasteiger partial charge in [-0.25, -0.2) is 27.5 Å². The van der Waals surface area contributed by atoms with Gasteiger partial charge in [-0.05, 0) is 73.7 Å². The number of phosphoric acid groups is 1. The fourth-order valence-electron chi connectivity index (χ4n) is 6.96. The first-order valence-corrected chi connectivity index (χ1v) is 18.1. The summed E-state index contributed by atoms with van der Waals surface area (Å²) in [6.07, 6.45) is -8.88. The maximum atomic E-state index is 15.6. The van der Waals surface area contributed by atoms with Gasteiger partial charge in [0.15, 0.2) is 0 Å². The van der Waals surface area contributed by atoms with Crippen molar-refractivity contribution in [2.75, 3.05) is 6.79 Å². The highest BCUT2D eigenvalue weighted by Crippen LogP contribution is 2.48. The molecule has 0 unspecified atom stereocenters. The minimum absolute atomic E-state index is 0.00687. The zero-order valence-corrected chi connectivity index (χ0v) is 30.1. The lowest BCUT2D eigenvalue weighted by Crippen LogP contribution is -2.36. The molecule has 0 fully saturated rings. The molecule has 18 heteroatoms. The van der Waals surface area contributed by atoms with E-state index in [-0.39, 0.29) is 35.6 Å². The predicted molar refractivity (Wildman–Crippen MR) is 182 cm³/mol. The molecule has 0 spiro atoms. The summed E-state index contributed by atoms with van der Waals surface area (Å²) in [6.45, 7) is 5.89. The van der Waals surface area contributed by atoms with Crippen molar-refractivity contribution in [2.24, 2.45) is 0 Å². The van der Waals surface area contributed by atoms with Gasteiger partial charge in [0.25, 0.3) is 0 Å². The van der Waals surface area contributed by atoms with Gasteiger partial charge in [-0.3, -0.25) is 4.90 Å². The number of nitrogens with zero attached hydrogens (tertiary/aromatic N) is 4. The van der Waals surface area contributed by atoms with E-state index in [2.05, 4.69) is 4.52 Å². The van der Waals surface area contributed by atoms with Crippen molar-refractivity contribution in [2.45, 2.75) is 71.5 Å². The second kappa shape index (κ2) is 13.9. The zero-order chi connectivity index (χ0) is 39.5. The molecule has 2 N–H and O–H groups in total. The summed E-state index contributed by atoms with van der Waals surface area (Å²) in [5, 5.41) is 5.28. The van der Waals surface area contributed by atoms with Crippen molar-refractivity contribution < 1.29 is 59.1 Å². The van der Waals surface area contributed by atoms with Crippen LogP contribution in [0.1, 0.15) is 66.8 Å². The quantitative estimate of drug-likeness (QED) is 0.0864. The summed E-state index contributed by atoms with van der Waals surface area (Å²) in [5.74, 6) is -0.846. The number of ether oxygens (including phenoxy) is 1. The molecular formula is C36H34F7N4O6P. The Hall–Kier alpha value is -4.54. The maximum Gasteiger partial charge on any atom is 0.472 e. The van der Waals surface area contributed by atoms with Crippen LogP contribution in [0.3, 0.4) is 0 Å². The molecule has 1 aliphatic rings. The lowest BCUT2D eigenvalue weighted by atomic mass is 9.96. The molecular weight excluding hydrogens is 748 g/mol. The molecule has 54 heavy (non-hydrogen) atoms. The fraction of sp³-hybridized carbons (Fsp3) is 0.333. The van der Waals surface area contributed by atoms with Crippen LogP contribution in [-0.2, 0) is 57.6 Å². The Kier molecular flexibility index (Phi) is 10.1. The number of aromatic nitrogens is 3. The molecule has 5 aromatic rings. The van der Waals surface area contributed by atoms with Crippen molar-refractivity contribution in [3.63, 3.8) is 0 Å². The van der Waals surface area contributed by atoms with Gasteiger partial charge in [-0.2, -0.15) is 31.4 Å². The average molecular weight is 783 g/mol. The smallest absolute Gasteiger partial charge is 0.421 e. The van der Waals surface area contributed by atoms with Gasteiger partial charge in [0.05, 0.1) is 39.3 Å². The van der Waals surface area contributed by atoms with Crippen LogP contribution in [0.4, 0.5) is 35.5 Å². The molecule has 0 aliphatic carbocycles. The number of hydrogen-bond donors (Lipinski definition) is 2. The van der Waals surface area contributed by atoms with Crippen LogP contribution < -0.4 is 0 Å². The van der Waals surface area contributed by atoms with Crippen LogP contribution in [-0.4, -0.2) is 41.9 Å². The second-order valence-corrected chi connectivity index (χ2v) is 14.4. The first-order chi connectivity index (χ1) is 25.2. The van der Waals surface area contributed by atoms with E-state index in [0.717, 1.165) is 33.5 Å². The maximum absolute atomic E-state index is 15.6. The molecule has 0 saturated heterocycles. The molecule has 2 aromatic heterocycles. The Bertz CT molecular complexity index is 2290. The van der Waals surface area contributed by atoms with Crippen LogP contribution >= 0.6 is 7.82 Å². The number of fused-ring (bicyclic) bond motifs is 2. The minimum atomic E-state index is -5.08. The zero-order valence-electron chi connectivity index (χ0n) is 29.2. The number of carbonyl (C=O) groups excluding carboxylic acids is 1. The van der Waals surface area contributed by atoms with Gasteiger partial charge in [-0.1, -0.05) is 38.1 Å². The summed E-state index contributed by atoms with van der Waals surface area (Å²) in [6, 6.07) is 11.4. The predicted octanol–water partition coefficient (Wildman–Crippen LogP) is 9.10.